The van der Waals surface area contributed by atoms with Crippen LogP contribution in [0, 0.1) is 5.82 Å². The molecule has 0 fully saturated rings. The minimum absolute atomic E-state index is 0.243. The molecule has 0 aliphatic rings. The molecule has 0 saturated heterocycles. The molecule has 4 nitrogen and oxygen atoms in total. The third kappa shape index (κ3) is 3.37. The SMILES string of the molecule is CCCNc1c(F)cccc1C(=O)N(C)c1ccccn1. The van der Waals surface area contributed by atoms with E-state index < -0.39 is 5.82 Å². The molecule has 1 aromatic heterocycles. The summed E-state index contributed by atoms with van der Waals surface area (Å²) in [5.74, 6) is -0.205. The molecule has 1 amide bonds. The van der Waals surface area contributed by atoms with Crippen LogP contribution in [-0.2, 0) is 0 Å². The Hall–Kier alpha value is -2.43. The van der Waals surface area contributed by atoms with Crippen LogP contribution in [0.4, 0.5) is 15.9 Å². The number of carbonyl (C=O) groups excluding carboxylic acids is 1. The lowest BCUT2D eigenvalue weighted by Crippen LogP contribution is -2.28. The van der Waals surface area contributed by atoms with Crippen LogP contribution in [0.15, 0.2) is 42.6 Å². The van der Waals surface area contributed by atoms with Gasteiger partial charge in [0.25, 0.3) is 5.91 Å². The van der Waals surface area contributed by atoms with E-state index in [9.17, 15) is 9.18 Å². The molecule has 0 radical (unpaired) electrons. The first-order valence-corrected chi connectivity index (χ1v) is 6.86. The molecular weight excluding hydrogens is 269 g/mol. The smallest absolute Gasteiger partial charge is 0.261 e. The fourth-order valence-corrected chi connectivity index (χ4v) is 1.97. The Morgan fingerprint density at radius 3 is 2.76 bits per heavy atom. The molecule has 1 heterocycles. The van der Waals surface area contributed by atoms with E-state index in [2.05, 4.69) is 10.3 Å². The topological polar surface area (TPSA) is 45.2 Å². The maximum Gasteiger partial charge on any atom is 0.261 e. The molecule has 1 aromatic carbocycles. The van der Waals surface area contributed by atoms with Gasteiger partial charge in [0, 0.05) is 19.8 Å². The summed E-state index contributed by atoms with van der Waals surface area (Å²) in [6.45, 7) is 2.59. The molecular formula is C16H18FN3O. The van der Waals surface area contributed by atoms with Crippen molar-refractivity contribution in [3.8, 4) is 0 Å². The number of halogens is 1. The van der Waals surface area contributed by atoms with Crippen molar-refractivity contribution < 1.29 is 9.18 Å². The lowest BCUT2D eigenvalue weighted by Gasteiger charge is -2.19. The van der Waals surface area contributed by atoms with E-state index in [1.807, 2.05) is 6.92 Å². The number of amides is 1. The zero-order valence-electron chi connectivity index (χ0n) is 12.1. The third-order valence-electron chi connectivity index (χ3n) is 3.09. The Labute approximate surface area is 123 Å². The highest BCUT2D eigenvalue weighted by molar-refractivity contribution is 6.08. The van der Waals surface area contributed by atoms with Crippen molar-refractivity contribution in [2.24, 2.45) is 0 Å². The standard InChI is InChI=1S/C16H18FN3O/c1-3-10-19-15-12(7-6-8-13(15)17)16(21)20(2)14-9-4-5-11-18-14/h4-9,11,19H,3,10H2,1-2H3. The van der Waals surface area contributed by atoms with Gasteiger partial charge >= 0.3 is 0 Å². The van der Waals surface area contributed by atoms with Crippen LogP contribution in [0.5, 0.6) is 0 Å². The fourth-order valence-electron chi connectivity index (χ4n) is 1.97. The second kappa shape index (κ2) is 6.83. The number of para-hydroxylation sites is 1. The molecule has 2 aromatic rings. The molecule has 0 atom stereocenters. The molecule has 0 bridgehead atoms. The average Bonchev–Trinajstić information content (AvgIpc) is 2.53. The van der Waals surface area contributed by atoms with Crippen molar-refractivity contribution in [1.29, 1.82) is 0 Å². The van der Waals surface area contributed by atoms with Crippen LogP contribution in [0.25, 0.3) is 0 Å². The van der Waals surface area contributed by atoms with Crippen molar-refractivity contribution in [2.75, 3.05) is 23.8 Å². The van der Waals surface area contributed by atoms with E-state index in [1.165, 1.54) is 17.0 Å². The first kappa shape index (κ1) is 15.0. The molecule has 0 saturated carbocycles. The van der Waals surface area contributed by atoms with Crippen molar-refractivity contribution in [2.45, 2.75) is 13.3 Å². The van der Waals surface area contributed by atoms with Gasteiger partial charge in [0.2, 0.25) is 0 Å². The molecule has 1 N–H and O–H groups in total. The number of carbonyl (C=O) groups is 1. The average molecular weight is 287 g/mol. The van der Waals surface area contributed by atoms with Crippen molar-refractivity contribution in [3.63, 3.8) is 0 Å². The Kier molecular flexibility index (Phi) is 4.87. The van der Waals surface area contributed by atoms with E-state index in [-0.39, 0.29) is 11.6 Å². The Balaban J connectivity index is 2.32. The molecule has 21 heavy (non-hydrogen) atoms. The quantitative estimate of drug-likeness (QED) is 0.917. The number of pyridine rings is 1. The highest BCUT2D eigenvalue weighted by Gasteiger charge is 2.19. The summed E-state index contributed by atoms with van der Waals surface area (Å²) in [6, 6.07) is 9.80. The van der Waals surface area contributed by atoms with Crippen LogP contribution in [0.1, 0.15) is 23.7 Å². The van der Waals surface area contributed by atoms with Crippen LogP contribution in [0.3, 0.4) is 0 Å². The van der Waals surface area contributed by atoms with E-state index in [4.69, 9.17) is 0 Å². The normalized spacial score (nSPS) is 10.2. The highest BCUT2D eigenvalue weighted by atomic mass is 19.1. The molecule has 0 spiro atoms. The Bertz CT molecular complexity index is 616. The van der Waals surface area contributed by atoms with Gasteiger partial charge in [-0.25, -0.2) is 9.37 Å². The predicted molar refractivity (Wildman–Crippen MR) is 82.2 cm³/mol. The summed E-state index contributed by atoms with van der Waals surface area (Å²) < 4.78 is 14.0. The summed E-state index contributed by atoms with van der Waals surface area (Å²) in [7, 11) is 1.62. The number of hydrogen-bond acceptors (Lipinski definition) is 3. The number of benzene rings is 1. The Morgan fingerprint density at radius 2 is 2.10 bits per heavy atom. The van der Waals surface area contributed by atoms with Gasteiger partial charge in [0.1, 0.15) is 11.6 Å². The van der Waals surface area contributed by atoms with Gasteiger partial charge in [-0.3, -0.25) is 9.69 Å². The summed E-state index contributed by atoms with van der Waals surface area (Å²) >= 11 is 0. The van der Waals surface area contributed by atoms with Crippen molar-refractivity contribution in [3.05, 3.63) is 54.0 Å². The number of nitrogens with one attached hydrogen (secondary N) is 1. The van der Waals surface area contributed by atoms with E-state index in [1.54, 1.807) is 37.5 Å². The monoisotopic (exact) mass is 287 g/mol. The van der Waals surface area contributed by atoms with Gasteiger partial charge in [-0.05, 0) is 30.7 Å². The number of anilines is 2. The summed E-state index contributed by atoms with van der Waals surface area (Å²) in [5.41, 5.74) is 0.545. The van der Waals surface area contributed by atoms with Gasteiger partial charge in [-0.15, -0.1) is 0 Å². The second-order valence-corrected chi connectivity index (χ2v) is 4.64. The van der Waals surface area contributed by atoms with Crippen LogP contribution < -0.4 is 10.2 Å². The molecule has 110 valence electrons. The van der Waals surface area contributed by atoms with Crippen LogP contribution in [-0.4, -0.2) is 24.5 Å². The summed E-state index contributed by atoms with van der Waals surface area (Å²) in [4.78, 5) is 18.1. The zero-order chi connectivity index (χ0) is 15.2. The van der Waals surface area contributed by atoms with E-state index >= 15 is 0 Å². The van der Waals surface area contributed by atoms with Crippen molar-refractivity contribution in [1.82, 2.24) is 4.98 Å². The molecule has 2 rings (SSSR count). The molecule has 0 unspecified atom stereocenters. The number of hydrogen-bond donors (Lipinski definition) is 1. The first-order valence-electron chi connectivity index (χ1n) is 6.86. The molecule has 0 aliphatic carbocycles. The van der Waals surface area contributed by atoms with Crippen molar-refractivity contribution >= 4 is 17.4 Å². The number of nitrogens with zero attached hydrogens (tertiary/aromatic N) is 2. The second-order valence-electron chi connectivity index (χ2n) is 4.64. The minimum atomic E-state index is -0.427. The number of aromatic nitrogens is 1. The van der Waals surface area contributed by atoms with Gasteiger partial charge in [0.15, 0.2) is 0 Å². The maximum atomic E-state index is 14.0. The van der Waals surface area contributed by atoms with Gasteiger partial charge in [-0.2, -0.15) is 0 Å². The summed E-state index contributed by atoms with van der Waals surface area (Å²) in [5, 5.41) is 2.98. The molecule has 5 heteroatoms. The zero-order valence-corrected chi connectivity index (χ0v) is 12.1. The van der Waals surface area contributed by atoms with Crippen LogP contribution >= 0.6 is 0 Å². The fraction of sp³-hybridized carbons (Fsp3) is 0.250. The van der Waals surface area contributed by atoms with Crippen LogP contribution in [0.2, 0.25) is 0 Å². The third-order valence-corrected chi connectivity index (χ3v) is 3.09. The maximum absolute atomic E-state index is 14.0. The lowest BCUT2D eigenvalue weighted by atomic mass is 10.1. The van der Waals surface area contributed by atoms with Gasteiger partial charge in [-0.1, -0.05) is 19.1 Å². The van der Waals surface area contributed by atoms with Gasteiger partial charge < -0.3 is 5.32 Å². The first-order chi connectivity index (χ1) is 10.1. The minimum Gasteiger partial charge on any atom is -0.382 e. The molecule has 0 aliphatic heterocycles. The van der Waals surface area contributed by atoms with Gasteiger partial charge in [0.05, 0.1) is 11.3 Å². The lowest BCUT2D eigenvalue weighted by molar-refractivity contribution is 0.0992. The van der Waals surface area contributed by atoms with E-state index in [0.717, 1.165) is 6.42 Å². The Morgan fingerprint density at radius 1 is 1.29 bits per heavy atom. The highest BCUT2D eigenvalue weighted by Crippen LogP contribution is 2.22. The largest absolute Gasteiger partial charge is 0.382 e. The van der Waals surface area contributed by atoms with E-state index in [0.29, 0.717) is 17.9 Å². The summed E-state index contributed by atoms with van der Waals surface area (Å²) in [6.07, 6.45) is 2.46. The number of rotatable bonds is 5. The predicted octanol–water partition coefficient (Wildman–Crippen LogP) is 3.32.